The summed E-state index contributed by atoms with van der Waals surface area (Å²) in [6.07, 6.45) is 7.06. The van der Waals surface area contributed by atoms with Crippen molar-refractivity contribution < 1.29 is 9.53 Å². The zero-order valence-corrected chi connectivity index (χ0v) is 13.2. The summed E-state index contributed by atoms with van der Waals surface area (Å²) in [5.74, 6) is 2.97. The molecule has 0 unspecified atom stereocenters. The first kappa shape index (κ1) is 14.4. The number of anilines is 1. The Morgan fingerprint density at radius 1 is 1.27 bits per heavy atom. The van der Waals surface area contributed by atoms with Crippen molar-refractivity contribution >= 4 is 39.2 Å². The van der Waals surface area contributed by atoms with Gasteiger partial charge in [0.2, 0.25) is 0 Å². The largest absolute Gasteiger partial charge is 0.480 e. The van der Waals surface area contributed by atoms with Gasteiger partial charge in [-0.1, -0.05) is 40.0 Å². The van der Waals surface area contributed by atoms with Crippen LogP contribution in [-0.4, -0.2) is 12.5 Å². The molecule has 1 heterocycles. The highest BCUT2D eigenvalue weighted by atomic mass is 79.9. The first-order valence-electron chi connectivity index (χ1n) is 6.67. The molecule has 0 atom stereocenters. The average molecular weight is 354 g/mol. The second-order valence-electron chi connectivity index (χ2n) is 4.73. The van der Waals surface area contributed by atoms with Crippen molar-refractivity contribution in [2.45, 2.75) is 0 Å². The molecule has 0 bridgehead atoms. The molecule has 0 radical (unpaired) electrons. The van der Waals surface area contributed by atoms with Gasteiger partial charge in [-0.05, 0) is 30.3 Å². The number of benzene rings is 2. The van der Waals surface area contributed by atoms with Gasteiger partial charge in [-0.15, -0.1) is 6.42 Å². The van der Waals surface area contributed by atoms with Crippen molar-refractivity contribution in [3.05, 3.63) is 58.1 Å². The topological polar surface area (TPSA) is 38.3 Å². The van der Waals surface area contributed by atoms with Gasteiger partial charge in [-0.2, -0.15) is 0 Å². The number of fused-ring (bicyclic) bond motifs is 1. The van der Waals surface area contributed by atoms with E-state index in [4.69, 9.17) is 11.2 Å². The van der Waals surface area contributed by atoms with Gasteiger partial charge in [0, 0.05) is 26.9 Å². The Balaban J connectivity index is 2.07. The molecule has 2 aromatic rings. The third-order valence-electron chi connectivity index (χ3n) is 3.29. The fraction of sp³-hybridized carbons (Fsp3) is 0.0556. The van der Waals surface area contributed by atoms with Crippen LogP contribution in [0.2, 0.25) is 0 Å². The van der Waals surface area contributed by atoms with Crippen LogP contribution < -0.4 is 10.1 Å². The molecule has 1 N–H and O–H groups in total. The quantitative estimate of drug-likeness (QED) is 0.670. The van der Waals surface area contributed by atoms with Crippen LogP contribution in [-0.2, 0) is 4.79 Å². The van der Waals surface area contributed by atoms with E-state index >= 15 is 0 Å². The molecule has 0 fully saturated rings. The second-order valence-corrected chi connectivity index (χ2v) is 5.65. The number of halogens is 1. The number of rotatable bonds is 3. The van der Waals surface area contributed by atoms with Crippen LogP contribution in [0.15, 0.2) is 46.9 Å². The Morgan fingerprint density at radius 3 is 2.91 bits per heavy atom. The highest BCUT2D eigenvalue weighted by molar-refractivity contribution is 9.10. The zero-order chi connectivity index (χ0) is 15.5. The smallest absolute Gasteiger partial charge is 0.256 e. The maximum Gasteiger partial charge on any atom is 0.256 e. The maximum atomic E-state index is 12.2. The standard InChI is InChI=1S/C18H12BrNO2/c1-2-9-22-17-8-7-13(19)10-12(17)11-15-14-5-3-4-6-16(14)20-18(15)21/h1,3-8,10-11H,9H2,(H,20,21)/b15-11+. The molecule has 0 saturated carbocycles. The number of amides is 1. The van der Waals surface area contributed by atoms with Gasteiger partial charge in [0.15, 0.2) is 0 Å². The molecule has 0 aliphatic carbocycles. The van der Waals surface area contributed by atoms with E-state index in [2.05, 4.69) is 27.2 Å². The number of para-hydroxylation sites is 1. The molecule has 3 nitrogen and oxygen atoms in total. The first-order chi connectivity index (χ1) is 10.7. The molecule has 0 spiro atoms. The van der Waals surface area contributed by atoms with Crippen LogP contribution in [0.4, 0.5) is 5.69 Å². The molecule has 1 amide bonds. The lowest BCUT2D eigenvalue weighted by Gasteiger charge is -2.08. The molecule has 2 aromatic carbocycles. The molecule has 0 saturated heterocycles. The fourth-order valence-corrected chi connectivity index (χ4v) is 2.70. The molecule has 22 heavy (non-hydrogen) atoms. The van der Waals surface area contributed by atoms with Gasteiger partial charge in [-0.25, -0.2) is 0 Å². The third-order valence-corrected chi connectivity index (χ3v) is 3.79. The van der Waals surface area contributed by atoms with E-state index in [0.717, 1.165) is 21.3 Å². The minimum atomic E-state index is -0.121. The number of ether oxygens (including phenoxy) is 1. The summed E-state index contributed by atoms with van der Waals surface area (Å²) in [6, 6.07) is 13.2. The van der Waals surface area contributed by atoms with E-state index in [1.165, 1.54) is 0 Å². The van der Waals surface area contributed by atoms with E-state index in [1.807, 2.05) is 48.5 Å². The van der Waals surface area contributed by atoms with Crippen molar-refractivity contribution in [3.8, 4) is 18.1 Å². The Hall–Kier alpha value is -2.51. The summed E-state index contributed by atoms with van der Waals surface area (Å²) in [5, 5.41) is 2.85. The predicted octanol–water partition coefficient (Wildman–Crippen LogP) is 3.95. The lowest BCUT2D eigenvalue weighted by Crippen LogP contribution is -2.04. The Bertz CT molecular complexity index is 818. The molecular formula is C18H12BrNO2. The summed E-state index contributed by atoms with van der Waals surface area (Å²) in [6.45, 7) is 0.181. The lowest BCUT2D eigenvalue weighted by atomic mass is 10.0. The summed E-state index contributed by atoms with van der Waals surface area (Å²) >= 11 is 3.44. The molecule has 108 valence electrons. The Morgan fingerprint density at radius 2 is 2.09 bits per heavy atom. The van der Waals surface area contributed by atoms with E-state index in [-0.39, 0.29) is 12.5 Å². The monoisotopic (exact) mass is 353 g/mol. The van der Waals surface area contributed by atoms with Crippen LogP contribution in [0.3, 0.4) is 0 Å². The van der Waals surface area contributed by atoms with E-state index in [0.29, 0.717) is 11.3 Å². The van der Waals surface area contributed by atoms with E-state index in [9.17, 15) is 4.79 Å². The summed E-state index contributed by atoms with van der Waals surface area (Å²) < 4.78 is 6.44. The molecule has 0 aromatic heterocycles. The fourth-order valence-electron chi connectivity index (χ4n) is 2.32. The van der Waals surface area contributed by atoms with Crippen LogP contribution in [0.1, 0.15) is 11.1 Å². The molecule has 1 aliphatic heterocycles. The summed E-state index contributed by atoms with van der Waals surface area (Å²) in [4.78, 5) is 12.2. The van der Waals surface area contributed by atoms with Gasteiger partial charge < -0.3 is 10.1 Å². The van der Waals surface area contributed by atoms with Crippen LogP contribution in [0.25, 0.3) is 11.6 Å². The van der Waals surface area contributed by atoms with Crippen molar-refractivity contribution in [1.29, 1.82) is 0 Å². The number of carbonyl (C=O) groups excluding carboxylic acids is 1. The van der Waals surface area contributed by atoms with Crippen LogP contribution in [0.5, 0.6) is 5.75 Å². The van der Waals surface area contributed by atoms with E-state index < -0.39 is 0 Å². The van der Waals surface area contributed by atoms with Crippen molar-refractivity contribution in [2.24, 2.45) is 0 Å². The van der Waals surface area contributed by atoms with Gasteiger partial charge >= 0.3 is 0 Å². The number of nitrogens with one attached hydrogen (secondary N) is 1. The van der Waals surface area contributed by atoms with E-state index in [1.54, 1.807) is 0 Å². The summed E-state index contributed by atoms with van der Waals surface area (Å²) in [5.41, 5.74) is 3.11. The Labute approximate surface area is 137 Å². The minimum Gasteiger partial charge on any atom is -0.480 e. The minimum absolute atomic E-state index is 0.121. The van der Waals surface area contributed by atoms with Crippen LogP contribution >= 0.6 is 15.9 Å². The van der Waals surface area contributed by atoms with Crippen molar-refractivity contribution in [3.63, 3.8) is 0 Å². The number of hydrogen-bond acceptors (Lipinski definition) is 2. The van der Waals surface area contributed by atoms with Crippen LogP contribution in [0, 0.1) is 12.3 Å². The van der Waals surface area contributed by atoms with Gasteiger partial charge in [0.1, 0.15) is 12.4 Å². The number of hydrogen-bond donors (Lipinski definition) is 1. The Kier molecular flexibility index (Phi) is 3.99. The molecule has 3 rings (SSSR count). The highest BCUT2D eigenvalue weighted by Crippen LogP contribution is 2.35. The third kappa shape index (κ3) is 2.76. The summed E-state index contributed by atoms with van der Waals surface area (Å²) in [7, 11) is 0. The van der Waals surface area contributed by atoms with Gasteiger partial charge in [0.05, 0.1) is 0 Å². The average Bonchev–Trinajstić information content (AvgIpc) is 2.83. The maximum absolute atomic E-state index is 12.2. The molecule has 4 heteroatoms. The molecular weight excluding hydrogens is 342 g/mol. The van der Waals surface area contributed by atoms with Crippen molar-refractivity contribution in [2.75, 3.05) is 11.9 Å². The highest BCUT2D eigenvalue weighted by Gasteiger charge is 2.23. The first-order valence-corrected chi connectivity index (χ1v) is 7.46. The normalized spacial score (nSPS) is 14.4. The van der Waals surface area contributed by atoms with Gasteiger partial charge in [-0.3, -0.25) is 4.79 Å². The molecule has 1 aliphatic rings. The predicted molar refractivity (Wildman–Crippen MR) is 91.4 cm³/mol. The number of terminal acetylenes is 1. The SMILES string of the molecule is C#CCOc1ccc(Br)cc1/C=C1/C(=O)Nc2ccccc21. The van der Waals surface area contributed by atoms with Crippen molar-refractivity contribution in [1.82, 2.24) is 0 Å². The lowest BCUT2D eigenvalue weighted by molar-refractivity contribution is -0.110. The zero-order valence-electron chi connectivity index (χ0n) is 11.6. The van der Waals surface area contributed by atoms with Gasteiger partial charge in [0.25, 0.3) is 5.91 Å². The second kappa shape index (κ2) is 6.08. The number of carbonyl (C=O) groups is 1.